The van der Waals surface area contributed by atoms with Gasteiger partial charge in [-0.05, 0) is 17.7 Å². The van der Waals surface area contributed by atoms with Gasteiger partial charge in [0.05, 0.1) is 24.3 Å². The van der Waals surface area contributed by atoms with Crippen molar-refractivity contribution < 1.29 is 0 Å². The molecule has 0 amide bonds. The van der Waals surface area contributed by atoms with Gasteiger partial charge in [0, 0.05) is 30.5 Å². The number of nitrogens with zero attached hydrogens (tertiary/aromatic N) is 6. The first kappa shape index (κ1) is 17.2. The normalized spacial score (nSPS) is 10.9. The molecule has 0 unspecified atom stereocenters. The summed E-state index contributed by atoms with van der Waals surface area (Å²) < 4.78 is 1.84. The van der Waals surface area contributed by atoms with Crippen LogP contribution in [-0.4, -0.2) is 42.8 Å². The first-order valence-corrected chi connectivity index (χ1v) is 8.82. The molecule has 4 rings (SSSR count). The van der Waals surface area contributed by atoms with E-state index < -0.39 is 0 Å². The Morgan fingerprint density at radius 2 is 1.93 bits per heavy atom. The van der Waals surface area contributed by atoms with Gasteiger partial charge in [0.15, 0.2) is 5.65 Å². The van der Waals surface area contributed by atoms with Gasteiger partial charge in [-0.3, -0.25) is 4.98 Å². The molecule has 0 bridgehead atoms. The monoisotopic (exact) mass is 380 g/mol. The second-order valence-electron chi connectivity index (χ2n) is 5.84. The SMILES string of the molecule is Clc1cccc(Cn2ncc3c(NCCNc4cnccn4)ncnc32)c1. The zero-order valence-electron chi connectivity index (χ0n) is 14.4. The molecule has 4 aromatic rings. The summed E-state index contributed by atoms with van der Waals surface area (Å²) in [6.07, 6.45) is 8.29. The van der Waals surface area contributed by atoms with Crippen LogP contribution in [0.3, 0.4) is 0 Å². The lowest BCUT2D eigenvalue weighted by Gasteiger charge is -2.08. The summed E-state index contributed by atoms with van der Waals surface area (Å²) >= 11 is 6.06. The molecule has 0 aliphatic carbocycles. The van der Waals surface area contributed by atoms with Gasteiger partial charge >= 0.3 is 0 Å². The van der Waals surface area contributed by atoms with Crippen molar-refractivity contribution in [2.24, 2.45) is 0 Å². The van der Waals surface area contributed by atoms with Crippen LogP contribution in [-0.2, 0) is 6.54 Å². The summed E-state index contributed by atoms with van der Waals surface area (Å²) in [7, 11) is 0. The highest BCUT2D eigenvalue weighted by molar-refractivity contribution is 6.30. The highest BCUT2D eigenvalue weighted by atomic mass is 35.5. The van der Waals surface area contributed by atoms with Crippen LogP contribution in [0.5, 0.6) is 0 Å². The van der Waals surface area contributed by atoms with Gasteiger partial charge in [-0.1, -0.05) is 23.7 Å². The molecule has 0 radical (unpaired) electrons. The van der Waals surface area contributed by atoms with Crippen molar-refractivity contribution in [3.8, 4) is 0 Å². The molecule has 0 spiro atoms. The van der Waals surface area contributed by atoms with Crippen molar-refractivity contribution in [1.82, 2.24) is 29.7 Å². The smallest absolute Gasteiger partial charge is 0.163 e. The van der Waals surface area contributed by atoms with E-state index in [1.165, 1.54) is 6.33 Å². The van der Waals surface area contributed by atoms with Crippen LogP contribution in [0.1, 0.15) is 5.56 Å². The lowest BCUT2D eigenvalue weighted by molar-refractivity contribution is 0.704. The Morgan fingerprint density at radius 1 is 1.00 bits per heavy atom. The summed E-state index contributed by atoms with van der Waals surface area (Å²) in [6.45, 7) is 1.94. The average Bonchev–Trinajstić information content (AvgIpc) is 3.10. The van der Waals surface area contributed by atoms with E-state index in [4.69, 9.17) is 11.6 Å². The fourth-order valence-electron chi connectivity index (χ4n) is 2.72. The number of nitrogens with one attached hydrogen (secondary N) is 2. The molecule has 0 saturated heterocycles. The molecule has 136 valence electrons. The third-order valence-corrected chi connectivity index (χ3v) is 4.18. The average molecular weight is 381 g/mol. The summed E-state index contributed by atoms with van der Waals surface area (Å²) in [4.78, 5) is 16.9. The number of rotatable bonds is 7. The second kappa shape index (κ2) is 7.96. The molecule has 0 aliphatic rings. The van der Waals surface area contributed by atoms with Crippen molar-refractivity contribution in [2.75, 3.05) is 23.7 Å². The quantitative estimate of drug-likeness (QED) is 0.476. The van der Waals surface area contributed by atoms with Crippen LogP contribution in [0.25, 0.3) is 11.0 Å². The number of anilines is 2. The molecule has 0 aliphatic heterocycles. The lowest BCUT2D eigenvalue weighted by atomic mass is 10.2. The molecular formula is C18H17ClN8. The van der Waals surface area contributed by atoms with Crippen molar-refractivity contribution in [3.63, 3.8) is 0 Å². The van der Waals surface area contributed by atoms with E-state index in [9.17, 15) is 0 Å². The Bertz CT molecular complexity index is 1030. The minimum atomic E-state index is 0.592. The van der Waals surface area contributed by atoms with Crippen LogP contribution in [0.4, 0.5) is 11.6 Å². The molecule has 9 heteroatoms. The minimum absolute atomic E-state index is 0.592. The highest BCUT2D eigenvalue weighted by Gasteiger charge is 2.10. The van der Waals surface area contributed by atoms with Crippen LogP contribution in [0.15, 0.2) is 55.4 Å². The molecular weight excluding hydrogens is 364 g/mol. The number of hydrogen-bond donors (Lipinski definition) is 2. The standard InChI is InChI=1S/C18H17ClN8/c19-14-3-1-2-13(8-14)11-27-18-15(9-26-27)17(24-12-25-18)23-7-6-22-16-10-20-4-5-21-16/h1-5,8-10,12H,6-7,11H2,(H,21,22)(H,23,24,25). The summed E-state index contributed by atoms with van der Waals surface area (Å²) in [5, 5.41) is 12.5. The Kier molecular flexibility index (Phi) is 5.06. The van der Waals surface area contributed by atoms with Gasteiger partial charge in [-0.15, -0.1) is 0 Å². The number of aromatic nitrogens is 6. The van der Waals surface area contributed by atoms with Crippen molar-refractivity contribution in [3.05, 3.63) is 66.0 Å². The van der Waals surface area contributed by atoms with Crippen molar-refractivity contribution in [1.29, 1.82) is 0 Å². The van der Waals surface area contributed by atoms with Gasteiger partial charge in [-0.25, -0.2) is 19.6 Å². The van der Waals surface area contributed by atoms with Gasteiger partial charge in [-0.2, -0.15) is 5.10 Å². The third-order valence-electron chi connectivity index (χ3n) is 3.94. The van der Waals surface area contributed by atoms with Gasteiger partial charge in [0.2, 0.25) is 0 Å². The highest BCUT2D eigenvalue weighted by Crippen LogP contribution is 2.20. The first-order chi connectivity index (χ1) is 13.3. The van der Waals surface area contributed by atoms with E-state index in [0.29, 0.717) is 24.7 Å². The van der Waals surface area contributed by atoms with Crippen LogP contribution in [0.2, 0.25) is 5.02 Å². The fourth-order valence-corrected chi connectivity index (χ4v) is 2.93. The van der Waals surface area contributed by atoms with Crippen LogP contribution >= 0.6 is 11.6 Å². The van der Waals surface area contributed by atoms with Crippen molar-refractivity contribution >= 4 is 34.3 Å². The van der Waals surface area contributed by atoms with E-state index >= 15 is 0 Å². The van der Waals surface area contributed by atoms with Crippen molar-refractivity contribution in [2.45, 2.75) is 6.54 Å². The fraction of sp³-hybridized carbons (Fsp3) is 0.167. The maximum absolute atomic E-state index is 6.06. The Morgan fingerprint density at radius 3 is 2.78 bits per heavy atom. The molecule has 3 heterocycles. The van der Waals surface area contributed by atoms with E-state index in [0.717, 1.165) is 28.2 Å². The third kappa shape index (κ3) is 4.12. The summed E-state index contributed by atoms with van der Waals surface area (Å²) in [6, 6.07) is 7.71. The lowest BCUT2D eigenvalue weighted by Crippen LogP contribution is -2.15. The van der Waals surface area contributed by atoms with Gasteiger partial charge in [0.25, 0.3) is 0 Å². The Hall–Kier alpha value is -3.26. The molecule has 3 aromatic heterocycles. The van der Waals surface area contributed by atoms with Gasteiger partial charge < -0.3 is 10.6 Å². The molecule has 0 fully saturated rings. The van der Waals surface area contributed by atoms with E-state index in [1.54, 1.807) is 24.8 Å². The first-order valence-electron chi connectivity index (χ1n) is 8.44. The molecule has 2 N–H and O–H groups in total. The zero-order chi connectivity index (χ0) is 18.5. The maximum Gasteiger partial charge on any atom is 0.163 e. The predicted octanol–water partition coefficient (Wildman–Crippen LogP) is 2.84. The Labute approximate surface area is 160 Å². The minimum Gasteiger partial charge on any atom is -0.368 e. The van der Waals surface area contributed by atoms with E-state index in [2.05, 4.69) is 35.7 Å². The number of halogens is 1. The Balaban J connectivity index is 1.44. The molecule has 0 saturated carbocycles. The topological polar surface area (TPSA) is 93.4 Å². The van der Waals surface area contributed by atoms with Crippen LogP contribution < -0.4 is 10.6 Å². The van der Waals surface area contributed by atoms with Crippen LogP contribution in [0, 0.1) is 0 Å². The number of benzene rings is 1. The van der Waals surface area contributed by atoms with E-state index in [-0.39, 0.29) is 0 Å². The largest absolute Gasteiger partial charge is 0.368 e. The second-order valence-corrected chi connectivity index (χ2v) is 6.27. The molecule has 8 nitrogen and oxygen atoms in total. The predicted molar refractivity (Wildman–Crippen MR) is 105 cm³/mol. The zero-order valence-corrected chi connectivity index (χ0v) is 15.1. The molecule has 1 aromatic carbocycles. The van der Waals surface area contributed by atoms with E-state index in [1.807, 2.05) is 28.9 Å². The number of hydrogen-bond acceptors (Lipinski definition) is 7. The molecule has 0 atom stereocenters. The summed E-state index contributed by atoms with van der Waals surface area (Å²) in [5.41, 5.74) is 1.84. The summed E-state index contributed by atoms with van der Waals surface area (Å²) in [5.74, 6) is 1.49. The molecule has 27 heavy (non-hydrogen) atoms. The van der Waals surface area contributed by atoms with Gasteiger partial charge in [0.1, 0.15) is 18.0 Å². The number of fused-ring (bicyclic) bond motifs is 1. The maximum atomic E-state index is 6.06.